The van der Waals surface area contributed by atoms with Crippen LogP contribution in [0, 0.1) is 31.1 Å². The van der Waals surface area contributed by atoms with Crippen LogP contribution in [0.1, 0.15) is 23.6 Å². The lowest BCUT2D eigenvalue weighted by molar-refractivity contribution is 0.675. The van der Waals surface area contributed by atoms with Gasteiger partial charge in [-0.15, -0.1) is 0 Å². The van der Waals surface area contributed by atoms with Crippen molar-refractivity contribution in [3.63, 3.8) is 0 Å². The van der Waals surface area contributed by atoms with Crippen molar-refractivity contribution in [2.24, 2.45) is 5.92 Å². The molecule has 2 nitrogen and oxygen atoms in total. The van der Waals surface area contributed by atoms with Crippen LogP contribution in [0.4, 0.5) is 0 Å². The Hall–Kier alpha value is -1.14. The third-order valence-corrected chi connectivity index (χ3v) is 3.79. The predicted octanol–water partition coefficient (Wildman–Crippen LogP) is 2.71. The summed E-state index contributed by atoms with van der Waals surface area (Å²) in [6.45, 7) is 5.88. The van der Waals surface area contributed by atoms with E-state index in [1.807, 2.05) is 13.8 Å². The highest BCUT2D eigenvalue weighted by Gasteiger charge is 2.07. The molecule has 2 unspecified atom stereocenters. The van der Waals surface area contributed by atoms with E-state index in [2.05, 4.69) is 24.3 Å². The van der Waals surface area contributed by atoms with E-state index in [9.17, 15) is 4.21 Å². The molecule has 0 aliphatic rings. The molecule has 1 aromatic carbocycles. The van der Waals surface area contributed by atoms with Gasteiger partial charge in [-0.1, -0.05) is 29.3 Å². The van der Waals surface area contributed by atoms with Gasteiger partial charge in [-0.2, -0.15) is 5.26 Å². The second-order valence-electron chi connectivity index (χ2n) is 4.28. The Morgan fingerprint density at radius 1 is 1.31 bits per heavy atom. The van der Waals surface area contributed by atoms with Crippen LogP contribution in [0.2, 0.25) is 0 Å². The fourth-order valence-corrected chi connectivity index (χ4v) is 3.00. The number of aryl methyl sites for hydroxylation is 2. The molecule has 0 fully saturated rings. The van der Waals surface area contributed by atoms with Crippen LogP contribution < -0.4 is 0 Å². The van der Waals surface area contributed by atoms with Crippen molar-refractivity contribution < 1.29 is 4.21 Å². The van der Waals surface area contributed by atoms with Crippen molar-refractivity contribution in [1.82, 2.24) is 0 Å². The first-order valence-electron chi connectivity index (χ1n) is 5.33. The molecule has 0 radical (unpaired) electrons. The normalized spacial score (nSPS) is 14.1. The van der Waals surface area contributed by atoms with Gasteiger partial charge in [0, 0.05) is 22.3 Å². The molecule has 0 heterocycles. The zero-order chi connectivity index (χ0) is 12.1. The maximum atomic E-state index is 11.8. The number of hydrogen-bond acceptors (Lipinski definition) is 2. The van der Waals surface area contributed by atoms with Crippen LogP contribution in [-0.2, 0) is 16.6 Å². The highest BCUT2D eigenvalue weighted by Crippen LogP contribution is 2.12. The average Bonchev–Trinajstić information content (AvgIpc) is 2.15. The third-order valence-electron chi connectivity index (χ3n) is 2.27. The Bertz CT molecular complexity index is 414. The van der Waals surface area contributed by atoms with Crippen LogP contribution >= 0.6 is 0 Å². The molecule has 86 valence electrons. The van der Waals surface area contributed by atoms with Crippen molar-refractivity contribution >= 4 is 10.8 Å². The molecule has 1 rings (SSSR count). The van der Waals surface area contributed by atoms with Crippen molar-refractivity contribution in [2.75, 3.05) is 5.75 Å². The molecule has 0 aliphatic heterocycles. The summed E-state index contributed by atoms with van der Waals surface area (Å²) in [4.78, 5) is 0. The fraction of sp³-hybridized carbons (Fsp3) is 0.462. The minimum Gasteiger partial charge on any atom is -0.259 e. The van der Waals surface area contributed by atoms with E-state index in [1.165, 1.54) is 11.1 Å². The first kappa shape index (κ1) is 12.9. The molecule has 0 saturated carbocycles. The highest BCUT2D eigenvalue weighted by atomic mass is 32.2. The van der Waals surface area contributed by atoms with E-state index < -0.39 is 10.8 Å². The third kappa shape index (κ3) is 4.16. The number of benzene rings is 1. The first-order valence-corrected chi connectivity index (χ1v) is 6.82. The van der Waals surface area contributed by atoms with Crippen molar-refractivity contribution in [3.8, 4) is 6.07 Å². The highest BCUT2D eigenvalue weighted by molar-refractivity contribution is 7.84. The molecule has 0 spiro atoms. The van der Waals surface area contributed by atoms with Crippen molar-refractivity contribution in [1.29, 1.82) is 5.26 Å². The lowest BCUT2D eigenvalue weighted by Crippen LogP contribution is -2.08. The Morgan fingerprint density at radius 3 is 2.38 bits per heavy atom. The van der Waals surface area contributed by atoms with Gasteiger partial charge in [0.15, 0.2) is 0 Å². The fourth-order valence-electron chi connectivity index (χ4n) is 1.71. The topological polar surface area (TPSA) is 40.9 Å². The second-order valence-corrected chi connectivity index (χ2v) is 5.78. The zero-order valence-corrected chi connectivity index (χ0v) is 10.8. The summed E-state index contributed by atoms with van der Waals surface area (Å²) in [6.07, 6.45) is 0. The van der Waals surface area contributed by atoms with E-state index in [0.29, 0.717) is 11.5 Å². The molecule has 3 heteroatoms. The van der Waals surface area contributed by atoms with E-state index in [4.69, 9.17) is 5.26 Å². The van der Waals surface area contributed by atoms with Gasteiger partial charge in [0.25, 0.3) is 0 Å². The summed E-state index contributed by atoms with van der Waals surface area (Å²) in [5.74, 6) is 0.879. The summed E-state index contributed by atoms with van der Waals surface area (Å²) in [5.41, 5.74) is 3.49. The van der Waals surface area contributed by atoms with Gasteiger partial charge in [0.05, 0.1) is 12.0 Å². The van der Waals surface area contributed by atoms with Gasteiger partial charge in [0.1, 0.15) is 0 Å². The Labute approximate surface area is 99.8 Å². The molecule has 0 bridgehead atoms. The summed E-state index contributed by atoms with van der Waals surface area (Å²) in [7, 11) is -0.940. The molecule has 2 atom stereocenters. The Kier molecular flexibility index (Phi) is 4.70. The van der Waals surface area contributed by atoms with Crippen LogP contribution in [0.3, 0.4) is 0 Å². The largest absolute Gasteiger partial charge is 0.259 e. The number of rotatable bonds is 4. The van der Waals surface area contributed by atoms with Gasteiger partial charge in [-0.3, -0.25) is 4.21 Å². The average molecular weight is 235 g/mol. The maximum absolute atomic E-state index is 11.8. The molecule has 0 saturated heterocycles. The van der Waals surface area contributed by atoms with Gasteiger partial charge >= 0.3 is 0 Å². The standard InChI is InChI=1S/C13H17NOS/c1-10-4-11(2)6-13(5-10)9-16(15)8-12(3)7-14/h4-6,12H,8-9H2,1-3H3. The molecular formula is C13H17NOS. The van der Waals surface area contributed by atoms with Crippen molar-refractivity contribution in [3.05, 3.63) is 34.9 Å². The molecule has 0 amide bonds. The van der Waals surface area contributed by atoms with Gasteiger partial charge in [-0.25, -0.2) is 0 Å². The molecular weight excluding hydrogens is 218 g/mol. The van der Waals surface area contributed by atoms with E-state index in [1.54, 1.807) is 6.92 Å². The van der Waals surface area contributed by atoms with Crippen LogP contribution in [0.25, 0.3) is 0 Å². The minimum absolute atomic E-state index is 0.133. The van der Waals surface area contributed by atoms with Crippen LogP contribution in [0.5, 0.6) is 0 Å². The van der Waals surface area contributed by atoms with Gasteiger partial charge < -0.3 is 0 Å². The first-order chi connectivity index (χ1) is 7.51. The molecule has 0 N–H and O–H groups in total. The van der Waals surface area contributed by atoms with Crippen LogP contribution in [0.15, 0.2) is 18.2 Å². The molecule has 16 heavy (non-hydrogen) atoms. The van der Waals surface area contributed by atoms with Crippen molar-refractivity contribution in [2.45, 2.75) is 26.5 Å². The monoisotopic (exact) mass is 235 g/mol. The lowest BCUT2D eigenvalue weighted by Gasteiger charge is -2.06. The summed E-state index contributed by atoms with van der Waals surface area (Å²) in [5, 5.41) is 8.65. The number of nitriles is 1. The molecule has 0 aromatic heterocycles. The summed E-state index contributed by atoms with van der Waals surface area (Å²) >= 11 is 0. The predicted molar refractivity (Wildman–Crippen MR) is 67.4 cm³/mol. The maximum Gasteiger partial charge on any atom is 0.0662 e. The molecule has 0 aliphatic carbocycles. The molecule has 1 aromatic rings. The SMILES string of the molecule is Cc1cc(C)cc(CS(=O)CC(C)C#N)c1. The minimum atomic E-state index is -0.940. The van der Waals surface area contributed by atoms with Gasteiger partial charge in [0.2, 0.25) is 0 Å². The summed E-state index contributed by atoms with van der Waals surface area (Å²) in [6, 6.07) is 8.33. The van der Waals surface area contributed by atoms with E-state index in [-0.39, 0.29) is 5.92 Å². The quantitative estimate of drug-likeness (QED) is 0.805. The zero-order valence-electron chi connectivity index (χ0n) is 9.99. The van der Waals surface area contributed by atoms with Crippen LogP contribution in [-0.4, -0.2) is 9.96 Å². The number of hydrogen-bond donors (Lipinski definition) is 0. The lowest BCUT2D eigenvalue weighted by atomic mass is 10.1. The smallest absolute Gasteiger partial charge is 0.0662 e. The summed E-state index contributed by atoms with van der Waals surface area (Å²) < 4.78 is 11.8. The van der Waals surface area contributed by atoms with Gasteiger partial charge in [-0.05, 0) is 26.3 Å². The second kappa shape index (κ2) is 5.81. The Balaban J connectivity index is 2.67. The Morgan fingerprint density at radius 2 is 1.88 bits per heavy atom. The number of nitrogens with zero attached hydrogens (tertiary/aromatic N) is 1. The van der Waals surface area contributed by atoms with E-state index in [0.717, 1.165) is 5.56 Å². The van der Waals surface area contributed by atoms with E-state index >= 15 is 0 Å².